The van der Waals surface area contributed by atoms with Crippen molar-refractivity contribution in [3.63, 3.8) is 0 Å². The Morgan fingerprint density at radius 2 is 1.48 bits per heavy atom. The van der Waals surface area contributed by atoms with Crippen LogP contribution in [0.2, 0.25) is 0 Å². The molecule has 2 unspecified atom stereocenters. The van der Waals surface area contributed by atoms with Crippen LogP contribution in [0.3, 0.4) is 0 Å². The lowest BCUT2D eigenvalue weighted by atomic mass is 9.95. The second-order valence-corrected chi connectivity index (χ2v) is 21.6. The van der Waals surface area contributed by atoms with Gasteiger partial charge in [-0.15, -0.1) is 11.8 Å². The van der Waals surface area contributed by atoms with Gasteiger partial charge in [-0.2, -0.15) is 0 Å². The number of nitrogens with two attached hydrogens (primary N) is 2. The standard InChI is InChI=1S/C56H68N7O16PS.C2H6/c1-74-80(72,73)78-26-8-2-3-9-33-81-47-35-50(68)61(56(47)71)24-21-48(66)59-22-20-49(67)62-36-39-10-4-5-11-40(39)52(51(57)41-12-6-7-13-43(41)62)63(58)25-28-76-30-32-77-31-29-75-27-23-60-55(70)38-16-14-37(15-17-38)46-34-45(65)42-18-19-44(64)53(69)54(42)79-46;1-2/h4-7,10-19,34,47,64,69H,2-3,8-9,20-33,35-36,57-58H2,1H3,(H,59,66)(H,60,70)(H,72,73);1-2H3/b52-51-;. The summed E-state index contributed by atoms with van der Waals surface area (Å²) in [6, 6.07) is 25.0. The molecule has 1 saturated heterocycles. The number of ether oxygens (including phenoxy) is 3. The lowest BCUT2D eigenvalue weighted by Crippen LogP contribution is -2.39. The highest BCUT2D eigenvalue weighted by atomic mass is 32.2. The summed E-state index contributed by atoms with van der Waals surface area (Å²) in [5.41, 5.74) is 10.8. The van der Waals surface area contributed by atoms with Gasteiger partial charge in [-0.25, -0.2) is 10.4 Å². The minimum Gasteiger partial charge on any atom is -0.504 e. The number of carbonyl (C=O) groups is 5. The number of para-hydroxylation sites is 1. The van der Waals surface area contributed by atoms with E-state index in [2.05, 4.69) is 15.2 Å². The zero-order valence-corrected chi connectivity index (χ0v) is 48.6. The number of phosphoric acid groups is 1. The molecule has 5 amide bonds. The number of fused-ring (bicyclic) bond motifs is 3. The SMILES string of the molecule is CC.COP(=O)(O)OCCCCCCSC1CC(=O)N(CCC(=O)NCCC(=O)N2Cc3ccccc3/C(N(N)CCOCCOCCOCCNC(=O)c3ccc(-c4cc(=O)c5ccc(O)c(O)c5o4)cc3)=C(/N)c3ccccc32)C1=O. The first kappa shape index (κ1) is 65.0. The molecule has 0 spiro atoms. The van der Waals surface area contributed by atoms with Gasteiger partial charge in [0.1, 0.15) is 5.76 Å². The Hall–Kier alpha value is -7.12. The normalized spacial score (nSPS) is 15.6. The van der Waals surface area contributed by atoms with Gasteiger partial charge in [-0.05, 0) is 54.5 Å². The first-order valence-electron chi connectivity index (χ1n) is 27.4. The third kappa shape index (κ3) is 18.4. The molecule has 0 saturated carbocycles. The molecule has 23 nitrogen and oxygen atoms in total. The van der Waals surface area contributed by atoms with Crippen molar-refractivity contribution >= 4 is 77.2 Å². The van der Waals surface area contributed by atoms with Crippen molar-refractivity contribution in [1.82, 2.24) is 20.5 Å². The van der Waals surface area contributed by atoms with Crippen molar-refractivity contribution in [2.75, 3.05) is 90.2 Å². The van der Waals surface area contributed by atoms with E-state index in [0.29, 0.717) is 59.2 Å². The maximum Gasteiger partial charge on any atom is 0.471 e. The summed E-state index contributed by atoms with van der Waals surface area (Å²) in [4.78, 5) is 90.1. The Morgan fingerprint density at radius 3 is 2.22 bits per heavy atom. The lowest BCUT2D eigenvalue weighted by Gasteiger charge is -2.33. The van der Waals surface area contributed by atoms with Gasteiger partial charge >= 0.3 is 7.82 Å². The number of phosphoric ester groups is 1. The van der Waals surface area contributed by atoms with Gasteiger partial charge < -0.3 is 60.0 Å². The molecule has 3 heterocycles. The highest BCUT2D eigenvalue weighted by Gasteiger charge is 2.38. The number of thioether (sulfide) groups is 1. The Morgan fingerprint density at radius 1 is 0.807 bits per heavy atom. The Kier molecular flexibility index (Phi) is 25.6. The number of likely N-dealkylation sites (tertiary alicyclic amines) is 1. The number of imide groups is 1. The van der Waals surface area contributed by atoms with Crippen molar-refractivity contribution < 1.29 is 71.3 Å². The second-order valence-electron chi connectivity index (χ2n) is 18.8. The van der Waals surface area contributed by atoms with Crippen LogP contribution in [-0.4, -0.2) is 145 Å². The fourth-order valence-corrected chi connectivity index (χ4v) is 10.6. The number of hydrazine groups is 1. The van der Waals surface area contributed by atoms with Crippen molar-refractivity contribution in [3.8, 4) is 22.8 Å². The number of nitrogens with zero attached hydrogens (tertiary/aromatic N) is 3. The number of hydrogen-bond acceptors (Lipinski definition) is 19. The van der Waals surface area contributed by atoms with Crippen LogP contribution in [0.4, 0.5) is 5.69 Å². The number of phenols is 2. The number of carbonyl (C=O) groups excluding carboxylic acids is 5. The molecule has 5 aromatic rings. The van der Waals surface area contributed by atoms with E-state index in [9.17, 15) is 48.4 Å². The van der Waals surface area contributed by atoms with Gasteiger partial charge in [0.2, 0.25) is 29.4 Å². The first-order chi connectivity index (χ1) is 40.1. The molecule has 25 heteroatoms. The molecule has 1 aromatic heterocycles. The summed E-state index contributed by atoms with van der Waals surface area (Å²) in [5.74, 6) is 4.93. The first-order valence-corrected chi connectivity index (χ1v) is 30.0. The molecule has 0 radical (unpaired) electrons. The van der Waals surface area contributed by atoms with Gasteiger partial charge in [-0.1, -0.05) is 81.3 Å². The third-order valence-corrected chi connectivity index (χ3v) is 15.5. The third-order valence-electron chi connectivity index (χ3n) is 13.2. The molecule has 1 fully saturated rings. The van der Waals surface area contributed by atoms with E-state index in [1.807, 2.05) is 56.3 Å². The molecule has 2 atom stereocenters. The number of unbranched alkanes of at least 4 members (excludes halogenated alkanes) is 3. The van der Waals surface area contributed by atoms with Crippen molar-refractivity contribution in [2.24, 2.45) is 11.6 Å². The van der Waals surface area contributed by atoms with Gasteiger partial charge in [0, 0.05) is 74.3 Å². The van der Waals surface area contributed by atoms with Crippen molar-refractivity contribution in [2.45, 2.75) is 70.6 Å². The molecule has 448 valence electrons. The predicted molar refractivity (Wildman–Crippen MR) is 314 cm³/mol. The molecule has 7 rings (SSSR count). The lowest BCUT2D eigenvalue weighted by molar-refractivity contribution is -0.138. The van der Waals surface area contributed by atoms with Gasteiger partial charge in [0.05, 0.1) is 87.1 Å². The minimum absolute atomic E-state index is 0.0202. The minimum atomic E-state index is -3.99. The molecule has 2 aliphatic heterocycles. The summed E-state index contributed by atoms with van der Waals surface area (Å²) in [7, 11) is -2.88. The van der Waals surface area contributed by atoms with E-state index in [1.165, 1.54) is 35.0 Å². The number of rotatable bonds is 31. The van der Waals surface area contributed by atoms with Crippen LogP contribution < -0.4 is 32.5 Å². The second kappa shape index (κ2) is 32.7. The fourth-order valence-electron chi connectivity index (χ4n) is 8.94. The Balaban J connectivity index is 0.00000547. The van der Waals surface area contributed by atoms with Crippen LogP contribution >= 0.6 is 19.6 Å². The number of amides is 5. The molecule has 0 aliphatic carbocycles. The fraction of sp³-hybridized carbons (Fsp3) is 0.414. The monoisotopic (exact) mass is 1190 g/mol. The molecular weight excluding hydrogens is 1110 g/mol. The van der Waals surface area contributed by atoms with Crippen LogP contribution in [0.15, 0.2) is 100 Å². The average Bonchev–Trinajstić information content (AvgIpc) is 3.31. The maximum atomic E-state index is 14.0. The number of nitrogens with one attached hydrogen (secondary N) is 2. The van der Waals surface area contributed by atoms with Crippen LogP contribution in [0.25, 0.3) is 33.7 Å². The molecule has 0 bridgehead atoms. The molecular formula is C58H74N7O16PS. The molecule has 4 aromatic carbocycles. The molecule has 2 aliphatic rings. The summed E-state index contributed by atoms with van der Waals surface area (Å²) in [6.07, 6.45) is 2.85. The highest BCUT2D eigenvalue weighted by molar-refractivity contribution is 8.00. The quantitative estimate of drug-likeness (QED) is 0.00642. The van der Waals surface area contributed by atoms with E-state index in [-0.39, 0.29) is 125 Å². The summed E-state index contributed by atoms with van der Waals surface area (Å²) < 4.78 is 43.4. The zero-order valence-electron chi connectivity index (χ0n) is 46.9. The van der Waals surface area contributed by atoms with Gasteiger partial charge in [0.25, 0.3) is 5.91 Å². The van der Waals surface area contributed by atoms with E-state index in [0.717, 1.165) is 42.4 Å². The summed E-state index contributed by atoms with van der Waals surface area (Å²) >= 11 is 1.40. The average molecular weight is 1190 g/mol. The number of benzene rings is 4. The van der Waals surface area contributed by atoms with E-state index in [1.54, 1.807) is 35.2 Å². The number of phenolic OH excluding ortho intramolecular Hbond substituents is 2. The van der Waals surface area contributed by atoms with Crippen LogP contribution in [0.5, 0.6) is 11.5 Å². The maximum absolute atomic E-state index is 14.0. The van der Waals surface area contributed by atoms with E-state index >= 15 is 0 Å². The van der Waals surface area contributed by atoms with Gasteiger partial charge in [-0.3, -0.25) is 42.7 Å². The largest absolute Gasteiger partial charge is 0.504 e. The predicted octanol–water partition coefficient (Wildman–Crippen LogP) is 6.26. The van der Waals surface area contributed by atoms with E-state index in [4.69, 9.17) is 34.7 Å². The van der Waals surface area contributed by atoms with Gasteiger partial charge in [0.15, 0.2) is 16.8 Å². The van der Waals surface area contributed by atoms with Crippen molar-refractivity contribution in [1.29, 1.82) is 0 Å². The number of anilines is 1. The van der Waals surface area contributed by atoms with Crippen molar-refractivity contribution in [3.05, 3.63) is 123 Å². The topological polar surface area (TPSA) is 325 Å². The number of aromatic hydroxyl groups is 2. The highest BCUT2D eigenvalue weighted by Crippen LogP contribution is 2.42. The summed E-state index contributed by atoms with van der Waals surface area (Å²) in [5, 5.41) is 26.7. The smallest absolute Gasteiger partial charge is 0.471 e. The van der Waals surface area contributed by atoms with E-state index < -0.39 is 35.9 Å². The van der Waals surface area contributed by atoms with Crippen LogP contribution in [0, 0.1) is 0 Å². The molecule has 9 N–H and O–H groups in total. The van der Waals surface area contributed by atoms with Crippen LogP contribution in [-0.2, 0) is 53.5 Å². The Labute approximate surface area is 485 Å². The van der Waals surface area contributed by atoms with Crippen LogP contribution in [0.1, 0.15) is 85.8 Å². The Bertz CT molecular complexity index is 3160. The number of hydrogen-bond donors (Lipinski definition) is 7. The molecule has 83 heavy (non-hydrogen) atoms. The summed E-state index contributed by atoms with van der Waals surface area (Å²) in [6.45, 7) is 6.39. The zero-order chi connectivity index (χ0) is 59.9.